The average Bonchev–Trinajstić information content (AvgIpc) is 3.63. The molecule has 0 atom stereocenters. The van der Waals surface area contributed by atoms with E-state index in [-0.39, 0.29) is 5.41 Å². The summed E-state index contributed by atoms with van der Waals surface area (Å²) in [5.41, 5.74) is 14.6. The maximum Gasteiger partial charge on any atom is 0.136 e. The highest BCUT2D eigenvalue weighted by Gasteiger charge is 2.35. The van der Waals surface area contributed by atoms with Crippen LogP contribution in [0.1, 0.15) is 25.0 Å². The number of para-hydroxylation sites is 1. The number of hydrogen-bond acceptors (Lipinski definition) is 1. The molecule has 1 heteroatoms. The van der Waals surface area contributed by atoms with Gasteiger partial charge in [0.05, 0.1) is 0 Å². The van der Waals surface area contributed by atoms with Crippen LogP contribution in [-0.2, 0) is 5.41 Å². The van der Waals surface area contributed by atoms with E-state index in [1.165, 1.54) is 77.2 Å². The van der Waals surface area contributed by atoms with E-state index in [9.17, 15) is 0 Å². The number of hydrogen-bond donors (Lipinski definition) is 0. The molecule has 0 saturated heterocycles. The number of furan rings is 1. The van der Waals surface area contributed by atoms with E-state index >= 15 is 0 Å². The molecule has 9 aromatic rings. The van der Waals surface area contributed by atoms with E-state index in [1.54, 1.807) is 0 Å². The summed E-state index contributed by atoms with van der Waals surface area (Å²) in [7, 11) is 0. The second-order valence-electron chi connectivity index (χ2n) is 13.6. The summed E-state index contributed by atoms with van der Waals surface area (Å²) in [5.74, 6) is 0. The SMILES string of the molecule is CC1(C)c2ccccc2-c2cc(-c3c4ccccc4c(-c4cccc5oc6ccccc6c45)c4ccc(-c5ccccc5)cc34)ccc21. The van der Waals surface area contributed by atoms with E-state index in [2.05, 4.69) is 166 Å². The standard InChI is InChI=1S/C47H32O/c1-47(2)40-20-10-8-15-32(40)38-28-31(24-26-41(38)47)44-33-16-6-7-17-34(33)45(35-25-23-30(27-39(35)44)29-13-4-3-5-14-29)37-19-12-22-43-46(37)36-18-9-11-21-42(36)48-43/h3-28H,1-2H3. The molecule has 226 valence electrons. The van der Waals surface area contributed by atoms with Gasteiger partial charge in [0, 0.05) is 16.2 Å². The van der Waals surface area contributed by atoms with Crippen LogP contribution in [0.4, 0.5) is 0 Å². The lowest BCUT2D eigenvalue weighted by molar-refractivity contribution is 0.660. The van der Waals surface area contributed by atoms with Crippen molar-refractivity contribution in [1.82, 2.24) is 0 Å². The highest BCUT2D eigenvalue weighted by molar-refractivity contribution is 6.26. The van der Waals surface area contributed by atoms with Gasteiger partial charge in [0.15, 0.2) is 0 Å². The second-order valence-corrected chi connectivity index (χ2v) is 13.6. The minimum atomic E-state index is -0.0367. The molecule has 0 amide bonds. The Hall–Kier alpha value is -5.92. The van der Waals surface area contributed by atoms with Gasteiger partial charge in [-0.3, -0.25) is 0 Å². The minimum Gasteiger partial charge on any atom is -0.456 e. The van der Waals surface area contributed by atoms with Crippen molar-refractivity contribution < 1.29 is 4.42 Å². The van der Waals surface area contributed by atoms with Gasteiger partial charge in [0.1, 0.15) is 11.2 Å². The van der Waals surface area contributed by atoms with Crippen molar-refractivity contribution >= 4 is 43.5 Å². The minimum absolute atomic E-state index is 0.0367. The first-order chi connectivity index (χ1) is 23.6. The Morgan fingerprint density at radius 2 is 1.00 bits per heavy atom. The number of fused-ring (bicyclic) bond motifs is 8. The predicted molar refractivity (Wildman–Crippen MR) is 203 cm³/mol. The van der Waals surface area contributed by atoms with Crippen LogP contribution in [0.3, 0.4) is 0 Å². The van der Waals surface area contributed by atoms with Crippen LogP contribution in [0.15, 0.2) is 162 Å². The lowest BCUT2D eigenvalue weighted by atomic mass is 9.81. The summed E-state index contributed by atoms with van der Waals surface area (Å²) in [4.78, 5) is 0. The van der Waals surface area contributed by atoms with Gasteiger partial charge in [0.25, 0.3) is 0 Å². The fourth-order valence-electron chi connectivity index (χ4n) is 8.45. The van der Waals surface area contributed by atoms with E-state index < -0.39 is 0 Å². The molecule has 1 aliphatic rings. The lowest BCUT2D eigenvalue weighted by Gasteiger charge is -2.22. The highest BCUT2D eigenvalue weighted by Crippen LogP contribution is 2.52. The van der Waals surface area contributed by atoms with Crippen LogP contribution in [-0.4, -0.2) is 0 Å². The van der Waals surface area contributed by atoms with Gasteiger partial charge in [-0.2, -0.15) is 0 Å². The third-order valence-corrected chi connectivity index (χ3v) is 10.7. The second kappa shape index (κ2) is 10.0. The van der Waals surface area contributed by atoms with Crippen molar-refractivity contribution in [2.75, 3.05) is 0 Å². The molecule has 1 heterocycles. The summed E-state index contributed by atoms with van der Waals surface area (Å²) in [6, 6.07) is 57.7. The van der Waals surface area contributed by atoms with Crippen molar-refractivity contribution in [2.24, 2.45) is 0 Å². The Labute approximate surface area is 279 Å². The third-order valence-electron chi connectivity index (χ3n) is 10.7. The molecule has 0 bridgehead atoms. The first-order valence-corrected chi connectivity index (χ1v) is 16.8. The maximum absolute atomic E-state index is 6.40. The van der Waals surface area contributed by atoms with Crippen LogP contribution >= 0.6 is 0 Å². The monoisotopic (exact) mass is 612 g/mol. The van der Waals surface area contributed by atoms with E-state index in [0.29, 0.717) is 0 Å². The molecule has 10 rings (SSSR count). The summed E-state index contributed by atoms with van der Waals surface area (Å²) >= 11 is 0. The Morgan fingerprint density at radius 3 is 1.85 bits per heavy atom. The van der Waals surface area contributed by atoms with Crippen LogP contribution in [0.2, 0.25) is 0 Å². The quantitative estimate of drug-likeness (QED) is 0.181. The summed E-state index contributed by atoms with van der Waals surface area (Å²) in [6.45, 7) is 4.70. The third kappa shape index (κ3) is 3.79. The molecule has 1 nitrogen and oxygen atoms in total. The van der Waals surface area contributed by atoms with Crippen molar-refractivity contribution in [3.05, 3.63) is 169 Å². The normalized spacial score (nSPS) is 13.4. The number of benzene rings is 8. The summed E-state index contributed by atoms with van der Waals surface area (Å²) < 4.78 is 6.40. The smallest absolute Gasteiger partial charge is 0.136 e. The molecule has 0 saturated carbocycles. The molecule has 0 radical (unpaired) electrons. The van der Waals surface area contributed by atoms with Crippen LogP contribution in [0.25, 0.3) is 88.0 Å². The van der Waals surface area contributed by atoms with Gasteiger partial charge < -0.3 is 4.42 Å². The molecule has 0 fully saturated rings. The molecule has 0 aliphatic heterocycles. The van der Waals surface area contributed by atoms with Gasteiger partial charge in [-0.25, -0.2) is 0 Å². The summed E-state index contributed by atoms with van der Waals surface area (Å²) in [6.07, 6.45) is 0. The van der Waals surface area contributed by atoms with Crippen molar-refractivity contribution in [3.8, 4) is 44.5 Å². The van der Waals surface area contributed by atoms with Gasteiger partial charge in [0.2, 0.25) is 0 Å². The first-order valence-electron chi connectivity index (χ1n) is 16.8. The first kappa shape index (κ1) is 27.2. The fourth-order valence-corrected chi connectivity index (χ4v) is 8.45. The zero-order valence-corrected chi connectivity index (χ0v) is 26.9. The van der Waals surface area contributed by atoms with Crippen LogP contribution in [0, 0.1) is 0 Å². The average molecular weight is 613 g/mol. The Morgan fingerprint density at radius 1 is 0.375 bits per heavy atom. The molecular formula is C47H32O. The lowest BCUT2D eigenvalue weighted by Crippen LogP contribution is -2.14. The Balaban J connectivity index is 1.35. The Kier molecular flexibility index (Phi) is 5.69. The predicted octanol–water partition coefficient (Wildman–Crippen LogP) is 13.2. The van der Waals surface area contributed by atoms with E-state index in [4.69, 9.17) is 4.42 Å². The Bertz CT molecular complexity index is 2740. The molecule has 0 unspecified atom stereocenters. The fraction of sp³-hybridized carbons (Fsp3) is 0.0638. The zero-order valence-electron chi connectivity index (χ0n) is 26.9. The molecule has 8 aromatic carbocycles. The van der Waals surface area contributed by atoms with Gasteiger partial charge in [-0.05, 0) is 101 Å². The number of rotatable bonds is 3. The van der Waals surface area contributed by atoms with Gasteiger partial charge in [-0.15, -0.1) is 0 Å². The van der Waals surface area contributed by atoms with Gasteiger partial charge in [-0.1, -0.05) is 147 Å². The summed E-state index contributed by atoms with van der Waals surface area (Å²) in [5, 5.41) is 7.29. The topological polar surface area (TPSA) is 13.1 Å². The molecule has 48 heavy (non-hydrogen) atoms. The maximum atomic E-state index is 6.40. The van der Waals surface area contributed by atoms with Crippen molar-refractivity contribution in [1.29, 1.82) is 0 Å². The molecule has 1 aliphatic carbocycles. The highest BCUT2D eigenvalue weighted by atomic mass is 16.3. The van der Waals surface area contributed by atoms with Crippen LogP contribution < -0.4 is 0 Å². The molecular weight excluding hydrogens is 581 g/mol. The molecule has 0 spiro atoms. The van der Waals surface area contributed by atoms with Crippen molar-refractivity contribution in [3.63, 3.8) is 0 Å². The largest absolute Gasteiger partial charge is 0.456 e. The zero-order chi connectivity index (χ0) is 32.0. The molecule has 1 aromatic heterocycles. The van der Waals surface area contributed by atoms with E-state index in [0.717, 1.165) is 21.9 Å². The van der Waals surface area contributed by atoms with Crippen molar-refractivity contribution in [2.45, 2.75) is 19.3 Å². The van der Waals surface area contributed by atoms with E-state index in [1.807, 2.05) is 6.07 Å². The van der Waals surface area contributed by atoms with Gasteiger partial charge >= 0.3 is 0 Å². The molecule has 0 N–H and O–H groups in total. The van der Waals surface area contributed by atoms with Crippen LogP contribution in [0.5, 0.6) is 0 Å².